The minimum atomic E-state index is -0.0565. The summed E-state index contributed by atoms with van der Waals surface area (Å²) in [4.78, 5) is 12.2. The molecular weight excluding hydrogens is 210 g/mol. The van der Waals surface area contributed by atoms with E-state index < -0.39 is 0 Å². The molecule has 0 saturated heterocycles. The number of carbonyl (C=O) groups is 1. The normalized spacial score (nSPS) is 14.3. The summed E-state index contributed by atoms with van der Waals surface area (Å²) in [6, 6.07) is 10.1. The third kappa shape index (κ3) is 4.31. The lowest BCUT2D eigenvalue weighted by Crippen LogP contribution is -2.39. The molecule has 0 bridgehead atoms. The smallest absolute Gasteiger partial charge is 0.152 e. The minimum absolute atomic E-state index is 0.0565. The maximum atomic E-state index is 12.2. The van der Waals surface area contributed by atoms with Gasteiger partial charge in [-0.3, -0.25) is 4.79 Å². The predicted molar refractivity (Wildman–Crippen MR) is 72.1 cm³/mol. The van der Waals surface area contributed by atoms with Gasteiger partial charge in [0, 0.05) is 5.92 Å². The number of nitrogens with one attached hydrogen (secondary N) is 1. The number of hydrogen-bond acceptors (Lipinski definition) is 2. The Morgan fingerprint density at radius 1 is 1.29 bits per heavy atom. The molecule has 2 unspecified atom stereocenters. The molecular formula is C15H23NO. The quantitative estimate of drug-likeness (QED) is 0.784. The highest BCUT2D eigenvalue weighted by atomic mass is 16.1. The van der Waals surface area contributed by atoms with Crippen LogP contribution < -0.4 is 5.32 Å². The van der Waals surface area contributed by atoms with Gasteiger partial charge in [0.05, 0.1) is 6.04 Å². The first kappa shape index (κ1) is 13.9. The number of hydrogen-bond donors (Lipinski definition) is 1. The molecule has 0 aliphatic carbocycles. The maximum absolute atomic E-state index is 12.2. The van der Waals surface area contributed by atoms with Gasteiger partial charge in [-0.05, 0) is 25.5 Å². The highest BCUT2D eigenvalue weighted by Crippen LogP contribution is 2.12. The first-order valence-corrected chi connectivity index (χ1v) is 6.44. The molecule has 0 amide bonds. The molecule has 0 aliphatic heterocycles. The highest BCUT2D eigenvalue weighted by Gasteiger charge is 2.21. The second-order valence-electron chi connectivity index (χ2n) is 4.62. The van der Waals surface area contributed by atoms with Crippen LogP contribution in [0, 0.1) is 5.92 Å². The van der Waals surface area contributed by atoms with E-state index in [1.54, 1.807) is 0 Å². The van der Waals surface area contributed by atoms with E-state index in [9.17, 15) is 4.79 Å². The van der Waals surface area contributed by atoms with Crippen molar-refractivity contribution >= 4 is 5.78 Å². The third-order valence-corrected chi connectivity index (χ3v) is 3.18. The van der Waals surface area contributed by atoms with Crippen LogP contribution >= 0.6 is 0 Å². The molecule has 0 aromatic heterocycles. The molecule has 2 nitrogen and oxygen atoms in total. The van der Waals surface area contributed by atoms with Gasteiger partial charge in [-0.15, -0.1) is 0 Å². The molecule has 0 aliphatic rings. The van der Waals surface area contributed by atoms with Crippen molar-refractivity contribution < 1.29 is 4.79 Å². The van der Waals surface area contributed by atoms with Gasteiger partial charge in [-0.1, -0.05) is 50.6 Å². The van der Waals surface area contributed by atoms with Crippen molar-refractivity contribution in [2.45, 2.75) is 39.2 Å². The number of ketones is 1. The van der Waals surface area contributed by atoms with E-state index in [1.807, 2.05) is 32.2 Å². The third-order valence-electron chi connectivity index (χ3n) is 3.18. The lowest BCUT2D eigenvalue weighted by Gasteiger charge is -2.19. The Hall–Kier alpha value is -1.15. The first-order chi connectivity index (χ1) is 8.19. The van der Waals surface area contributed by atoms with Gasteiger partial charge >= 0.3 is 0 Å². The van der Waals surface area contributed by atoms with Gasteiger partial charge in [0.25, 0.3) is 0 Å². The Morgan fingerprint density at radius 2 is 1.94 bits per heavy atom. The fraction of sp³-hybridized carbons (Fsp3) is 0.533. The number of carbonyl (C=O) groups excluding carboxylic acids is 1. The van der Waals surface area contributed by atoms with Gasteiger partial charge in [-0.25, -0.2) is 0 Å². The summed E-state index contributed by atoms with van der Waals surface area (Å²) in [5.41, 5.74) is 1.21. The van der Waals surface area contributed by atoms with Crippen LogP contribution in [-0.2, 0) is 11.2 Å². The highest BCUT2D eigenvalue weighted by molar-refractivity contribution is 5.86. The first-order valence-electron chi connectivity index (χ1n) is 6.44. The largest absolute Gasteiger partial charge is 0.310 e. The summed E-state index contributed by atoms with van der Waals surface area (Å²) in [7, 11) is 1.87. The zero-order valence-corrected chi connectivity index (χ0v) is 11.1. The molecule has 2 heteroatoms. The van der Waals surface area contributed by atoms with Crippen molar-refractivity contribution in [3.05, 3.63) is 35.9 Å². The van der Waals surface area contributed by atoms with Gasteiger partial charge in [-0.2, -0.15) is 0 Å². The average Bonchev–Trinajstić information content (AvgIpc) is 2.36. The molecule has 1 aromatic rings. The number of rotatable bonds is 7. The molecule has 0 saturated carbocycles. The molecule has 2 atom stereocenters. The van der Waals surface area contributed by atoms with E-state index >= 15 is 0 Å². The van der Waals surface area contributed by atoms with E-state index in [-0.39, 0.29) is 12.0 Å². The monoisotopic (exact) mass is 233 g/mol. The van der Waals surface area contributed by atoms with Crippen LogP contribution in [0.2, 0.25) is 0 Å². The topological polar surface area (TPSA) is 29.1 Å². The Morgan fingerprint density at radius 3 is 2.47 bits per heavy atom. The molecule has 0 fully saturated rings. The van der Waals surface area contributed by atoms with Crippen LogP contribution in [-0.4, -0.2) is 18.9 Å². The van der Waals surface area contributed by atoms with Crippen molar-refractivity contribution in [2.24, 2.45) is 5.92 Å². The van der Waals surface area contributed by atoms with Crippen LogP contribution in [0.5, 0.6) is 0 Å². The van der Waals surface area contributed by atoms with Crippen molar-refractivity contribution in [2.75, 3.05) is 7.05 Å². The Balaban J connectivity index is 2.62. The zero-order valence-electron chi connectivity index (χ0n) is 11.1. The SMILES string of the molecule is CCCC(C)C(=O)C(Cc1ccccc1)NC. The lowest BCUT2D eigenvalue weighted by molar-refractivity contribution is -0.124. The van der Waals surface area contributed by atoms with E-state index in [2.05, 4.69) is 24.4 Å². The second-order valence-corrected chi connectivity index (χ2v) is 4.62. The van der Waals surface area contributed by atoms with E-state index in [0.717, 1.165) is 19.3 Å². The summed E-state index contributed by atoms with van der Waals surface area (Å²) in [5, 5.41) is 3.14. The Labute approximate surface area is 104 Å². The number of benzene rings is 1. The van der Waals surface area contributed by atoms with E-state index in [1.165, 1.54) is 5.56 Å². The minimum Gasteiger partial charge on any atom is -0.310 e. The standard InChI is InChI=1S/C15H23NO/c1-4-8-12(2)15(17)14(16-3)11-13-9-6-5-7-10-13/h5-7,9-10,12,14,16H,4,8,11H2,1-3H3. The van der Waals surface area contributed by atoms with Crippen LogP contribution in [0.15, 0.2) is 30.3 Å². The molecule has 1 rings (SSSR count). The van der Waals surface area contributed by atoms with E-state index in [4.69, 9.17) is 0 Å². The van der Waals surface area contributed by atoms with E-state index in [0.29, 0.717) is 5.78 Å². The number of Topliss-reactive ketones (excluding diaryl/α,β-unsaturated/α-hetero) is 1. The summed E-state index contributed by atoms with van der Waals surface area (Å²) >= 11 is 0. The fourth-order valence-corrected chi connectivity index (χ4v) is 2.11. The molecule has 94 valence electrons. The van der Waals surface area contributed by atoms with Crippen molar-refractivity contribution in [3.63, 3.8) is 0 Å². The molecule has 1 aromatic carbocycles. The van der Waals surface area contributed by atoms with Crippen molar-refractivity contribution in [1.82, 2.24) is 5.32 Å². The zero-order chi connectivity index (χ0) is 12.7. The van der Waals surface area contributed by atoms with Crippen LogP contribution in [0.25, 0.3) is 0 Å². The molecule has 1 N–H and O–H groups in total. The molecule has 17 heavy (non-hydrogen) atoms. The van der Waals surface area contributed by atoms with Gasteiger partial charge in [0.1, 0.15) is 0 Å². The second kappa shape index (κ2) is 7.23. The van der Waals surface area contributed by atoms with Crippen molar-refractivity contribution in [3.8, 4) is 0 Å². The van der Waals surface area contributed by atoms with Crippen molar-refractivity contribution in [1.29, 1.82) is 0 Å². The van der Waals surface area contributed by atoms with Gasteiger partial charge < -0.3 is 5.32 Å². The van der Waals surface area contributed by atoms with Gasteiger partial charge in [0.2, 0.25) is 0 Å². The predicted octanol–water partition coefficient (Wildman–Crippen LogP) is 2.82. The lowest BCUT2D eigenvalue weighted by atomic mass is 9.92. The summed E-state index contributed by atoms with van der Waals surface area (Å²) in [6.45, 7) is 4.15. The van der Waals surface area contributed by atoms with Crippen LogP contribution in [0.1, 0.15) is 32.3 Å². The summed E-state index contributed by atoms with van der Waals surface area (Å²) in [5.74, 6) is 0.486. The summed E-state index contributed by atoms with van der Waals surface area (Å²) in [6.07, 6.45) is 2.82. The maximum Gasteiger partial charge on any atom is 0.152 e. The van der Waals surface area contributed by atoms with Crippen LogP contribution in [0.4, 0.5) is 0 Å². The molecule has 0 spiro atoms. The van der Waals surface area contributed by atoms with Crippen LogP contribution in [0.3, 0.4) is 0 Å². The molecule has 0 heterocycles. The Bertz CT molecular complexity index is 334. The fourth-order valence-electron chi connectivity index (χ4n) is 2.11. The number of likely N-dealkylation sites (N-methyl/N-ethyl adjacent to an activating group) is 1. The summed E-state index contributed by atoms with van der Waals surface area (Å²) < 4.78 is 0. The molecule has 0 radical (unpaired) electrons. The van der Waals surface area contributed by atoms with Gasteiger partial charge in [0.15, 0.2) is 5.78 Å². The Kier molecular flexibility index (Phi) is 5.92. The average molecular weight is 233 g/mol.